The Kier molecular flexibility index (Phi) is 6.29. The van der Waals surface area contributed by atoms with Crippen molar-refractivity contribution in [2.75, 3.05) is 18.4 Å². The molecule has 1 aromatic rings. The largest absolute Gasteiger partial charge is 0.480 e. The van der Waals surface area contributed by atoms with Gasteiger partial charge in [-0.05, 0) is 24.1 Å². The van der Waals surface area contributed by atoms with Gasteiger partial charge in [0.2, 0.25) is 0 Å². The number of nitrogens with zero attached hydrogens (tertiary/aromatic N) is 1. The minimum atomic E-state index is -1.05. The molecule has 0 saturated heterocycles. The molecule has 0 atom stereocenters. The fraction of sp³-hybridized carbons (Fsp3) is 0.385. The number of hydrogen-bond acceptors (Lipinski definition) is 2. The molecule has 1 aromatic carbocycles. The van der Waals surface area contributed by atoms with Gasteiger partial charge in [0, 0.05) is 11.0 Å². The van der Waals surface area contributed by atoms with Crippen LogP contribution in [0.15, 0.2) is 22.7 Å². The molecule has 20 heavy (non-hydrogen) atoms. The lowest BCUT2D eigenvalue weighted by Gasteiger charge is -2.23. The smallest absolute Gasteiger partial charge is 0.323 e. The number of halogens is 2. The van der Waals surface area contributed by atoms with Crippen LogP contribution in [0.3, 0.4) is 0 Å². The third kappa shape index (κ3) is 5.38. The third-order valence-corrected chi connectivity index (χ3v) is 3.19. The molecule has 0 heterocycles. The fourth-order valence-electron chi connectivity index (χ4n) is 1.61. The molecule has 0 aliphatic carbocycles. The SMILES string of the molecule is CC(C)CN(CC(=O)O)C(=O)Nc1cc(Br)ccc1Cl. The van der Waals surface area contributed by atoms with Crippen molar-refractivity contribution < 1.29 is 14.7 Å². The zero-order valence-corrected chi connectivity index (χ0v) is 13.5. The summed E-state index contributed by atoms with van der Waals surface area (Å²) in [5.74, 6) is -0.890. The molecule has 0 unspecified atom stereocenters. The summed E-state index contributed by atoms with van der Waals surface area (Å²) in [5, 5.41) is 11.9. The van der Waals surface area contributed by atoms with Crippen LogP contribution in [-0.4, -0.2) is 35.1 Å². The number of carbonyl (C=O) groups is 2. The molecule has 0 bridgehead atoms. The number of carboxylic acids is 1. The van der Waals surface area contributed by atoms with Crippen molar-refractivity contribution in [3.05, 3.63) is 27.7 Å². The van der Waals surface area contributed by atoms with E-state index in [1.165, 1.54) is 4.90 Å². The molecule has 0 aliphatic heterocycles. The summed E-state index contributed by atoms with van der Waals surface area (Å²) in [6.45, 7) is 3.82. The highest BCUT2D eigenvalue weighted by Crippen LogP contribution is 2.26. The Labute approximate surface area is 131 Å². The molecule has 2 amide bonds. The number of aliphatic carboxylic acids is 1. The maximum Gasteiger partial charge on any atom is 0.323 e. The monoisotopic (exact) mass is 362 g/mol. The number of urea groups is 1. The van der Waals surface area contributed by atoms with E-state index in [4.69, 9.17) is 16.7 Å². The number of benzene rings is 1. The van der Waals surface area contributed by atoms with Gasteiger partial charge in [0.05, 0.1) is 10.7 Å². The first-order valence-electron chi connectivity index (χ1n) is 6.02. The van der Waals surface area contributed by atoms with Gasteiger partial charge in [-0.1, -0.05) is 41.4 Å². The van der Waals surface area contributed by atoms with Gasteiger partial charge in [0.15, 0.2) is 0 Å². The Hall–Kier alpha value is -1.27. The first-order valence-corrected chi connectivity index (χ1v) is 7.19. The Morgan fingerprint density at radius 3 is 2.65 bits per heavy atom. The molecule has 0 aliphatic rings. The third-order valence-electron chi connectivity index (χ3n) is 2.37. The number of carboxylic acid groups (broad SMARTS) is 1. The minimum Gasteiger partial charge on any atom is -0.480 e. The Morgan fingerprint density at radius 2 is 2.10 bits per heavy atom. The fourth-order valence-corrected chi connectivity index (χ4v) is 2.14. The van der Waals surface area contributed by atoms with E-state index >= 15 is 0 Å². The molecule has 0 saturated carbocycles. The molecule has 2 N–H and O–H groups in total. The van der Waals surface area contributed by atoms with Crippen LogP contribution in [0.5, 0.6) is 0 Å². The summed E-state index contributed by atoms with van der Waals surface area (Å²) < 4.78 is 0.769. The van der Waals surface area contributed by atoms with E-state index in [1.807, 2.05) is 13.8 Å². The minimum absolute atomic E-state index is 0.165. The molecular formula is C13H16BrClN2O3. The maximum absolute atomic E-state index is 12.1. The second-order valence-corrected chi connectivity index (χ2v) is 6.05. The molecular weight excluding hydrogens is 348 g/mol. The lowest BCUT2D eigenvalue weighted by atomic mass is 10.2. The van der Waals surface area contributed by atoms with Gasteiger partial charge in [-0.3, -0.25) is 4.79 Å². The van der Waals surface area contributed by atoms with E-state index in [0.717, 1.165) is 4.47 Å². The normalized spacial score (nSPS) is 10.4. The highest BCUT2D eigenvalue weighted by atomic mass is 79.9. The quantitative estimate of drug-likeness (QED) is 0.838. The van der Waals surface area contributed by atoms with Crippen molar-refractivity contribution in [3.8, 4) is 0 Å². The number of anilines is 1. The van der Waals surface area contributed by atoms with E-state index in [9.17, 15) is 9.59 Å². The second kappa shape index (κ2) is 7.50. The van der Waals surface area contributed by atoms with Gasteiger partial charge in [0.1, 0.15) is 6.54 Å². The average Bonchev–Trinajstić information content (AvgIpc) is 2.31. The zero-order chi connectivity index (χ0) is 15.3. The maximum atomic E-state index is 12.1. The van der Waals surface area contributed by atoms with Gasteiger partial charge < -0.3 is 15.3 Å². The van der Waals surface area contributed by atoms with Crippen LogP contribution < -0.4 is 5.32 Å². The van der Waals surface area contributed by atoms with Crippen LogP contribution in [0.2, 0.25) is 5.02 Å². The molecule has 0 aromatic heterocycles. The first kappa shape index (κ1) is 16.8. The lowest BCUT2D eigenvalue weighted by molar-refractivity contribution is -0.137. The van der Waals surface area contributed by atoms with Crippen molar-refractivity contribution in [3.63, 3.8) is 0 Å². The number of nitrogens with one attached hydrogen (secondary N) is 1. The standard InChI is InChI=1S/C13H16BrClN2O3/c1-8(2)6-17(7-12(18)19)13(20)16-11-5-9(14)3-4-10(11)15/h3-5,8H,6-7H2,1-2H3,(H,16,20)(H,18,19). The summed E-state index contributed by atoms with van der Waals surface area (Å²) in [7, 11) is 0. The van der Waals surface area contributed by atoms with Crippen molar-refractivity contribution >= 4 is 45.2 Å². The van der Waals surface area contributed by atoms with Crippen molar-refractivity contribution in [2.45, 2.75) is 13.8 Å². The molecule has 5 nitrogen and oxygen atoms in total. The van der Waals surface area contributed by atoms with Crippen molar-refractivity contribution in [1.29, 1.82) is 0 Å². The summed E-state index contributed by atoms with van der Waals surface area (Å²) in [4.78, 5) is 24.2. The first-order chi connectivity index (χ1) is 9.29. The van der Waals surface area contributed by atoms with E-state index in [0.29, 0.717) is 17.3 Å². The number of rotatable bonds is 5. The summed E-state index contributed by atoms with van der Waals surface area (Å²) in [6, 6.07) is 4.57. The van der Waals surface area contributed by atoms with Gasteiger partial charge in [-0.15, -0.1) is 0 Å². The van der Waals surface area contributed by atoms with E-state index in [-0.39, 0.29) is 12.5 Å². The molecule has 110 valence electrons. The molecule has 1 rings (SSSR count). The average molecular weight is 364 g/mol. The van der Waals surface area contributed by atoms with Crippen LogP contribution in [0.25, 0.3) is 0 Å². The molecule has 0 radical (unpaired) electrons. The van der Waals surface area contributed by atoms with Crippen LogP contribution in [0.1, 0.15) is 13.8 Å². The van der Waals surface area contributed by atoms with Crippen LogP contribution in [-0.2, 0) is 4.79 Å². The highest BCUT2D eigenvalue weighted by molar-refractivity contribution is 9.10. The van der Waals surface area contributed by atoms with E-state index in [1.54, 1.807) is 18.2 Å². The van der Waals surface area contributed by atoms with E-state index in [2.05, 4.69) is 21.2 Å². The summed E-state index contributed by atoms with van der Waals surface area (Å²) in [5.41, 5.74) is 0.435. The summed E-state index contributed by atoms with van der Waals surface area (Å²) in [6.07, 6.45) is 0. The van der Waals surface area contributed by atoms with Crippen LogP contribution in [0, 0.1) is 5.92 Å². The molecule has 7 heteroatoms. The highest BCUT2D eigenvalue weighted by Gasteiger charge is 2.18. The van der Waals surface area contributed by atoms with Crippen LogP contribution >= 0.6 is 27.5 Å². The van der Waals surface area contributed by atoms with Gasteiger partial charge in [-0.25, -0.2) is 4.79 Å². The zero-order valence-electron chi connectivity index (χ0n) is 11.2. The topological polar surface area (TPSA) is 69.6 Å². The van der Waals surface area contributed by atoms with Crippen molar-refractivity contribution in [2.24, 2.45) is 5.92 Å². The predicted molar refractivity (Wildman–Crippen MR) is 82.2 cm³/mol. The Bertz CT molecular complexity index is 508. The second-order valence-electron chi connectivity index (χ2n) is 4.72. The Morgan fingerprint density at radius 1 is 1.45 bits per heavy atom. The Balaban J connectivity index is 2.84. The van der Waals surface area contributed by atoms with Gasteiger partial charge in [-0.2, -0.15) is 0 Å². The lowest BCUT2D eigenvalue weighted by Crippen LogP contribution is -2.41. The van der Waals surface area contributed by atoms with Gasteiger partial charge >= 0.3 is 12.0 Å². The van der Waals surface area contributed by atoms with Crippen LogP contribution in [0.4, 0.5) is 10.5 Å². The number of amides is 2. The van der Waals surface area contributed by atoms with E-state index < -0.39 is 12.0 Å². The molecule has 0 spiro atoms. The van der Waals surface area contributed by atoms with Crippen molar-refractivity contribution in [1.82, 2.24) is 4.90 Å². The summed E-state index contributed by atoms with van der Waals surface area (Å²) >= 11 is 9.27. The number of hydrogen-bond donors (Lipinski definition) is 2. The predicted octanol–water partition coefficient (Wildman–Crippen LogP) is 3.68. The van der Waals surface area contributed by atoms with Gasteiger partial charge in [0.25, 0.3) is 0 Å². The molecule has 0 fully saturated rings. The number of carbonyl (C=O) groups excluding carboxylic acids is 1.